The first-order valence-corrected chi connectivity index (χ1v) is 12.7. The van der Waals surface area contributed by atoms with Crippen LogP contribution in [0, 0.1) is 0 Å². The number of benzene rings is 4. The van der Waals surface area contributed by atoms with Crippen LogP contribution in [-0.4, -0.2) is 24.0 Å². The summed E-state index contributed by atoms with van der Waals surface area (Å²) in [6.45, 7) is 4.47. The number of hydrogen-bond donors (Lipinski definition) is 0. The summed E-state index contributed by atoms with van der Waals surface area (Å²) in [5.74, 6) is 0.772. The van der Waals surface area contributed by atoms with Crippen LogP contribution < -0.4 is 9.64 Å². The molecule has 1 aromatic heterocycles. The first kappa shape index (κ1) is 21.8. The average molecular weight is 482 g/mol. The van der Waals surface area contributed by atoms with Gasteiger partial charge in [0.1, 0.15) is 11.4 Å². The highest BCUT2D eigenvalue weighted by Gasteiger charge is 2.58. The van der Waals surface area contributed by atoms with Crippen molar-refractivity contribution in [3.63, 3.8) is 0 Å². The number of pyridine rings is 1. The second kappa shape index (κ2) is 7.78. The van der Waals surface area contributed by atoms with Crippen molar-refractivity contribution in [1.82, 2.24) is 4.98 Å². The van der Waals surface area contributed by atoms with Gasteiger partial charge in [-0.3, -0.25) is 4.99 Å². The summed E-state index contributed by atoms with van der Waals surface area (Å²) in [6, 6.07) is 35.6. The number of fused-ring (bicyclic) bond motifs is 4. The van der Waals surface area contributed by atoms with E-state index in [0.29, 0.717) is 0 Å². The minimum Gasteiger partial charge on any atom is -0.459 e. The molecule has 0 fully saturated rings. The standard InChI is InChI=1S/C33H27N3O/c1-32(2)25-16-10-11-17-28(25)36(3)33(32)21-34-31-29(37-33)19-18-26-30(31)24(22-12-6-4-7-13-22)20-27(35-26)23-14-8-5-9-15-23/h4-21H,1-3H3. The van der Waals surface area contributed by atoms with Gasteiger partial charge in [0.2, 0.25) is 5.72 Å². The molecule has 0 saturated carbocycles. The van der Waals surface area contributed by atoms with E-state index in [4.69, 9.17) is 14.7 Å². The second-order valence-electron chi connectivity index (χ2n) is 10.4. The number of para-hydroxylation sites is 1. The molecule has 1 spiro atoms. The minimum absolute atomic E-state index is 0.299. The van der Waals surface area contributed by atoms with Crippen molar-refractivity contribution in [1.29, 1.82) is 0 Å². The normalized spacial score (nSPS) is 19.1. The maximum Gasteiger partial charge on any atom is 0.228 e. The Balaban J connectivity index is 1.45. The van der Waals surface area contributed by atoms with Gasteiger partial charge in [0.15, 0.2) is 0 Å². The molecule has 4 nitrogen and oxygen atoms in total. The van der Waals surface area contributed by atoms with Gasteiger partial charge in [0, 0.05) is 23.7 Å². The molecule has 1 unspecified atom stereocenters. The quantitative estimate of drug-likeness (QED) is 0.258. The number of likely N-dealkylation sites (N-methyl/N-ethyl adjacent to an activating group) is 1. The maximum atomic E-state index is 6.95. The van der Waals surface area contributed by atoms with Gasteiger partial charge in [-0.15, -0.1) is 0 Å². The molecule has 0 aliphatic carbocycles. The molecular weight excluding hydrogens is 454 g/mol. The van der Waals surface area contributed by atoms with Crippen molar-refractivity contribution in [3.05, 3.63) is 109 Å². The highest BCUT2D eigenvalue weighted by atomic mass is 16.5. The number of nitrogens with zero attached hydrogens (tertiary/aromatic N) is 3. The summed E-state index contributed by atoms with van der Waals surface area (Å²) >= 11 is 0. The number of rotatable bonds is 2. The van der Waals surface area contributed by atoms with Gasteiger partial charge in [0.25, 0.3) is 0 Å². The van der Waals surface area contributed by atoms with E-state index in [9.17, 15) is 0 Å². The van der Waals surface area contributed by atoms with Crippen LogP contribution in [0.5, 0.6) is 5.75 Å². The molecule has 180 valence electrons. The van der Waals surface area contributed by atoms with Crippen LogP contribution in [0.4, 0.5) is 11.4 Å². The van der Waals surface area contributed by atoms with Crippen molar-refractivity contribution < 1.29 is 4.74 Å². The van der Waals surface area contributed by atoms with Crippen LogP contribution in [0.25, 0.3) is 33.3 Å². The number of aromatic nitrogens is 1. The molecule has 5 aromatic rings. The summed E-state index contributed by atoms with van der Waals surface area (Å²) in [5, 5.41) is 1.01. The van der Waals surface area contributed by atoms with Crippen LogP contribution in [0.2, 0.25) is 0 Å². The zero-order valence-electron chi connectivity index (χ0n) is 21.1. The Morgan fingerprint density at radius 2 is 1.43 bits per heavy atom. The molecule has 7 rings (SSSR count). The summed E-state index contributed by atoms with van der Waals surface area (Å²) < 4.78 is 6.95. The lowest BCUT2D eigenvalue weighted by Gasteiger charge is -2.45. The average Bonchev–Trinajstić information content (AvgIpc) is 3.11. The molecule has 2 aliphatic rings. The maximum absolute atomic E-state index is 6.95. The summed E-state index contributed by atoms with van der Waals surface area (Å²) in [6.07, 6.45) is 1.99. The second-order valence-corrected chi connectivity index (χ2v) is 10.4. The van der Waals surface area contributed by atoms with Gasteiger partial charge < -0.3 is 9.64 Å². The zero-order valence-corrected chi connectivity index (χ0v) is 21.1. The Morgan fingerprint density at radius 3 is 2.16 bits per heavy atom. The topological polar surface area (TPSA) is 37.7 Å². The van der Waals surface area contributed by atoms with Crippen molar-refractivity contribution in [3.8, 4) is 28.1 Å². The number of anilines is 1. The van der Waals surface area contributed by atoms with Gasteiger partial charge in [-0.25, -0.2) is 4.98 Å². The van der Waals surface area contributed by atoms with Crippen LogP contribution in [0.3, 0.4) is 0 Å². The van der Waals surface area contributed by atoms with Gasteiger partial charge in [-0.1, -0.05) is 78.9 Å². The number of aliphatic imine (C=N–C) groups is 1. The van der Waals surface area contributed by atoms with Gasteiger partial charge in [-0.05, 0) is 54.8 Å². The fourth-order valence-electron chi connectivity index (χ4n) is 5.98. The van der Waals surface area contributed by atoms with Gasteiger partial charge >= 0.3 is 0 Å². The highest BCUT2D eigenvalue weighted by Crippen LogP contribution is 2.54. The van der Waals surface area contributed by atoms with E-state index in [1.165, 1.54) is 11.3 Å². The lowest BCUT2D eigenvalue weighted by molar-refractivity contribution is 0.0826. The zero-order chi connectivity index (χ0) is 25.2. The molecule has 0 amide bonds. The molecule has 0 saturated heterocycles. The molecule has 0 bridgehead atoms. The SMILES string of the molecule is CN1c2ccccc2C(C)(C)C12C=Nc1c(ccc3nc(-c4ccccc4)cc(-c4ccccc4)c13)O2. The van der Waals surface area contributed by atoms with Crippen molar-refractivity contribution >= 4 is 28.5 Å². The van der Waals surface area contributed by atoms with Crippen LogP contribution in [-0.2, 0) is 5.41 Å². The molecule has 2 aliphatic heterocycles. The third-order valence-corrected chi connectivity index (χ3v) is 8.03. The minimum atomic E-state index is -0.721. The van der Waals surface area contributed by atoms with E-state index in [1.807, 2.05) is 36.5 Å². The fourth-order valence-corrected chi connectivity index (χ4v) is 5.98. The third kappa shape index (κ3) is 3.02. The summed E-state index contributed by atoms with van der Waals surface area (Å²) in [4.78, 5) is 12.4. The third-order valence-electron chi connectivity index (χ3n) is 8.03. The molecule has 4 heteroatoms. The predicted molar refractivity (Wildman–Crippen MR) is 152 cm³/mol. The van der Waals surface area contributed by atoms with Crippen LogP contribution >= 0.6 is 0 Å². The molecule has 0 radical (unpaired) electrons. The van der Waals surface area contributed by atoms with Gasteiger partial charge in [0.05, 0.1) is 22.8 Å². The monoisotopic (exact) mass is 481 g/mol. The Bertz CT molecular complexity index is 1690. The Hall–Kier alpha value is -4.44. The van der Waals surface area contributed by atoms with Crippen molar-refractivity contribution in [2.75, 3.05) is 11.9 Å². The van der Waals surface area contributed by atoms with E-state index < -0.39 is 5.72 Å². The molecule has 1 atom stereocenters. The molecule has 37 heavy (non-hydrogen) atoms. The predicted octanol–water partition coefficient (Wildman–Crippen LogP) is 7.79. The fraction of sp³-hybridized carbons (Fsp3) is 0.152. The molecular formula is C33H27N3O. The summed E-state index contributed by atoms with van der Waals surface area (Å²) in [7, 11) is 2.09. The first-order valence-electron chi connectivity index (χ1n) is 12.7. The Kier molecular flexibility index (Phi) is 4.58. The van der Waals surface area contributed by atoms with Crippen LogP contribution in [0.15, 0.2) is 108 Å². The van der Waals surface area contributed by atoms with Crippen molar-refractivity contribution in [2.45, 2.75) is 25.0 Å². The largest absolute Gasteiger partial charge is 0.459 e. The van der Waals surface area contributed by atoms with Gasteiger partial charge in [-0.2, -0.15) is 0 Å². The summed E-state index contributed by atoms with van der Waals surface area (Å²) in [5.41, 5.74) is 7.39. The Morgan fingerprint density at radius 1 is 0.757 bits per heavy atom. The Labute approximate surface area is 216 Å². The molecule has 0 N–H and O–H groups in total. The van der Waals surface area contributed by atoms with E-state index in [2.05, 4.69) is 98.6 Å². The molecule has 4 aromatic carbocycles. The van der Waals surface area contributed by atoms with Crippen LogP contribution in [0.1, 0.15) is 19.4 Å². The van der Waals surface area contributed by atoms with E-state index in [0.717, 1.165) is 44.7 Å². The molecule has 3 heterocycles. The highest BCUT2D eigenvalue weighted by molar-refractivity contribution is 6.07. The number of hydrogen-bond acceptors (Lipinski definition) is 4. The van der Waals surface area contributed by atoms with Crippen molar-refractivity contribution in [2.24, 2.45) is 4.99 Å². The lowest BCUT2D eigenvalue weighted by atomic mass is 9.77. The smallest absolute Gasteiger partial charge is 0.228 e. The van der Waals surface area contributed by atoms with E-state index in [-0.39, 0.29) is 5.41 Å². The lowest BCUT2D eigenvalue weighted by Crippen LogP contribution is -2.61. The van der Waals surface area contributed by atoms with E-state index in [1.54, 1.807) is 0 Å². The first-order chi connectivity index (χ1) is 18.0. The number of ether oxygens (including phenoxy) is 1. The van der Waals surface area contributed by atoms with E-state index >= 15 is 0 Å².